The van der Waals surface area contributed by atoms with E-state index in [9.17, 15) is 9.59 Å². The van der Waals surface area contributed by atoms with Crippen LogP contribution in [0.5, 0.6) is 0 Å². The van der Waals surface area contributed by atoms with Crippen LogP contribution < -0.4 is 5.32 Å². The molecule has 0 saturated carbocycles. The van der Waals surface area contributed by atoms with Gasteiger partial charge in [0, 0.05) is 6.54 Å². The smallest absolute Gasteiger partial charge is 0.407 e. The molecule has 32 heavy (non-hydrogen) atoms. The van der Waals surface area contributed by atoms with Crippen molar-refractivity contribution < 1.29 is 28.7 Å². The number of benzene rings is 2. The number of hydrogen-bond acceptors (Lipinski definition) is 6. The van der Waals surface area contributed by atoms with E-state index in [1.807, 2.05) is 32.9 Å². The second-order valence-electron chi connectivity index (χ2n) is 8.41. The van der Waals surface area contributed by atoms with E-state index >= 15 is 0 Å². The maximum atomic E-state index is 12.1. The summed E-state index contributed by atoms with van der Waals surface area (Å²) in [6.07, 6.45) is 1.44. The Morgan fingerprint density at radius 3 is 1.84 bits per heavy atom. The molecule has 2 aromatic rings. The van der Waals surface area contributed by atoms with E-state index in [1.54, 1.807) is 12.1 Å². The van der Waals surface area contributed by atoms with Gasteiger partial charge < -0.3 is 14.8 Å². The standard InChI is InChI=1S/C24H31NO4.CO2/c1-17-6-8-18(9-7-17)14-20(16-25-23(27)29-24(2,3)4)15-19-10-12-21(13-11-19)22(26)28-5;2-1-3/h6-13,20H,14-16H2,1-5H3,(H,25,27);. The Kier molecular flexibility index (Phi) is 10.9. The van der Waals surface area contributed by atoms with Crippen molar-refractivity contribution in [1.82, 2.24) is 5.32 Å². The zero-order chi connectivity index (χ0) is 24.1. The van der Waals surface area contributed by atoms with Gasteiger partial charge in [-0.1, -0.05) is 42.0 Å². The molecule has 0 aliphatic carbocycles. The van der Waals surface area contributed by atoms with Crippen molar-refractivity contribution in [3.05, 3.63) is 70.8 Å². The number of ether oxygens (including phenoxy) is 2. The fraction of sp³-hybridized carbons (Fsp3) is 0.400. The van der Waals surface area contributed by atoms with Crippen LogP contribution in [0.3, 0.4) is 0 Å². The number of carbonyl (C=O) groups is 2. The van der Waals surface area contributed by atoms with Gasteiger partial charge in [0.05, 0.1) is 12.7 Å². The molecule has 1 unspecified atom stereocenters. The van der Waals surface area contributed by atoms with Crippen molar-refractivity contribution in [2.45, 2.75) is 46.1 Å². The summed E-state index contributed by atoms with van der Waals surface area (Å²) < 4.78 is 10.1. The largest absolute Gasteiger partial charge is 0.465 e. The molecular formula is C25H31NO6. The van der Waals surface area contributed by atoms with Crippen LogP contribution in [0.2, 0.25) is 0 Å². The molecule has 0 aromatic heterocycles. The lowest BCUT2D eigenvalue weighted by Gasteiger charge is -2.22. The first-order valence-electron chi connectivity index (χ1n) is 10.3. The Balaban J connectivity index is 0.00000161. The Labute approximate surface area is 189 Å². The number of nitrogens with one attached hydrogen (secondary N) is 1. The molecule has 0 fully saturated rings. The van der Waals surface area contributed by atoms with Crippen molar-refractivity contribution in [3.8, 4) is 0 Å². The maximum absolute atomic E-state index is 12.1. The summed E-state index contributed by atoms with van der Waals surface area (Å²) in [4.78, 5) is 40.0. The van der Waals surface area contributed by atoms with Gasteiger partial charge in [0.1, 0.15) is 5.60 Å². The second-order valence-corrected chi connectivity index (χ2v) is 8.41. The van der Waals surface area contributed by atoms with Gasteiger partial charge in [-0.05, 0) is 69.7 Å². The summed E-state index contributed by atoms with van der Waals surface area (Å²) in [7, 11) is 1.37. The molecular weight excluding hydrogens is 410 g/mol. The number of esters is 1. The number of alkyl carbamates (subject to hydrolysis) is 1. The van der Waals surface area contributed by atoms with Gasteiger partial charge in [-0.2, -0.15) is 9.59 Å². The second kappa shape index (κ2) is 13.1. The number of amides is 1. The van der Waals surface area contributed by atoms with E-state index in [1.165, 1.54) is 18.2 Å². The fourth-order valence-electron chi connectivity index (χ4n) is 3.04. The van der Waals surface area contributed by atoms with Crippen LogP contribution >= 0.6 is 0 Å². The zero-order valence-corrected chi connectivity index (χ0v) is 19.3. The summed E-state index contributed by atoms with van der Waals surface area (Å²) in [6, 6.07) is 15.8. The van der Waals surface area contributed by atoms with Crippen LogP contribution in [-0.2, 0) is 31.9 Å². The maximum Gasteiger partial charge on any atom is 0.407 e. The molecule has 1 atom stereocenters. The first-order valence-corrected chi connectivity index (χ1v) is 10.3. The summed E-state index contributed by atoms with van der Waals surface area (Å²) >= 11 is 0. The number of methoxy groups -OCH3 is 1. The molecule has 0 radical (unpaired) electrons. The van der Waals surface area contributed by atoms with E-state index in [0.717, 1.165) is 18.4 Å². The molecule has 0 bridgehead atoms. The highest BCUT2D eigenvalue weighted by molar-refractivity contribution is 5.89. The quantitative estimate of drug-likeness (QED) is 0.649. The molecule has 2 aromatic carbocycles. The highest BCUT2D eigenvalue weighted by Gasteiger charge is 2.18. The highest BCUT2D eigenvalue weighted by Crippen LogP contribution is 2.17. The van der Waals surface area contributed by atoms with Crippen LogP contribution in [0, 0.1) is 12.8 Å². The summed E-state index contributed by atoms with van der Waals surface area (Å²) in [6.45, 7) is 8.10. The Morgan fingerprint density at radius 2 is 1.41 bits per heavy atom. The first kappa shape index (κ1) is 26.6. The van der Waals surface area contributed by atoms with E-state index in [-0.39, 0.29) is 18.0 Å². The summed E-state index contributed by atoms with van der Waals surface area (Å²) in [5.74, 6) is -0.159. The Hall–Kier alpha value is -3.44. The monoisotopic (exact) mass is 441 g/mol. The van der Waals surface area contributed by atoms with Crippen molar-refractivity contribution in [2.24, 2.45) is 5.92 Å². The lowest BCUT2D eigenvalue weighted by Crippen LogP contribution is -2.36. The molecule has 0 aliphatic rings. The number of rotatable bonds is 7. The van der Waals surface area contributed by atoms with Gasteiger partial charge in [-0.3, -0.25) is 0 Å². The topological polar surface area (TPSA) is 98.8 Å². The summed E-state index contributed by atoms with van der Waals surface area (Å²) in [5, 5.41) is 2.89. The molecule has 0 saturated heterocycles. The van der Waals surface area contributed by atoms with E-state index in [0.29, 0.717) is 12.1 Å². The lowest BCUT2D eigenvalue weighted by atomic mass is 9.92. The van der Waals surface area contributed by atoms with E-state index in [2.05, 4.69) is 36.5 Å². The van der Waals surface area contributed by atoms with Gasteiger partial charge in [-0.25, -0.2) is 9.59 Å². The van der Waals surface area contributed by atoms with Gasteiger partial charge in [0.15, 0.2) is 0 Å². The van der Waals surface area contributed by atoms with Gasteiger partial charge >= 0.3 is 18.2 Å². The van der Waals surface area contributed by atoms with Crippen LogP contribution in [0.1, 0.15) is 47.8 Å². The van der Waals surface area contributed by atoms with Crippen LogP contribution in [0.25, 0.3) is 0 Å². The van der Waals surface area contributed by atoms with E-state index in [4.69, 9.17) is 19.1 Å². The normalized spacial score (nSPS) is 11.3. The third-order valence-corrected chi connectivity index (χ3v) is 4.48. The number of carbonyl (C=O) groups excluding carboxylic acids is 4. The molecule has 7 heteroatoms. The highest BCUT2D eigenvalue weighted by atomic mass is 16.6. The molecule has 1 amide bonds. The minimum atomic E-state index is -0.528. The van der Waals surface area contributed by atoms with Gasteiger partial charge in [0.25, 0.3) is 0 Å². The number of hydrogen-bond donors (Lipinski definition) is 1. The Morgan fingerprint density at radius 1 is 0.938 bits per heavy atom. The van der Waals surface area contributed by atoms with Crippen molar-refractivity contribution in [2.75, 3.05) is 13.7 Å². The molecule has 1 N–H and O–H groups in total. The van der Waals surface area contributed by atoms with Crippen molar-refractivity contribution >= 4 is 18.2 Å². The first-order chi connectivity index (χ1) is 15.1. The predicted molar refractivity (Wildman–Crippen MR) is 119 cm³/mol. The molecule has 7 nitrogen and oxygen atoms in total. The van der Waals surface area contributed by atoms with Crippen LogP contribution in [0.15, 0.2) is 48.5 Å². The molecule has 0 heterocycles. The lowest BCUT2D eigenvalue weighted by molar-refractivity contribution is -0.191. The van der Waals surface area contributed by atoms with Crippen molar-refractivity contribution in [1.29, 1.82) is 0 Å². The predicted octanol–water partition coefficient (Wildman–Crippen LogP) is 4.12. The number of aryl methyl sites for hydroxylation is 1. The average Bonchev–Trinajstić information content (AvgIpc) is 2.73. The zero-order valence-electron chi connectivity index (χ0n) is 19.3. The Bertz CT molecular complexity index is 892. The minimum Gasteiger partial charge on any atom is -0.465 e. The van der Waals surface area contributed by atoms with Crippen molar-refractivity contribution in [3.63, 3.8) is 0 Å². The molecule has 0 spiro atoms. The third-order valence-electron chi connectivity index (χ3n) is 4.48. The van der Waals surface area contributed by atoms with Crippen LogP contribution in [0.4, 0.5) is 4.79 Å². The van der Waals surface area contributed by atoms with E-state index < -0.39 is 11.7 Å². The SMILES string of the molecule is COC(=O)c1ccc(CC(CNC(=O)OC(C)(C)C)Cc2ccc(C)cc2)cc1.O=C=O. The molecule has 172 valence electrons. The molecule has 2 rings (SSSR count). The minimum absolute atomic E-state index is 0.189. The third kappa shape index (κ3) is 10.5. The van der Waals surface area contributed by atoms with Crippen LogP contribution in [-0.4, -0.2) is 37.5 Å². The van der Waals surface area contributed by atoms with Gasteiger partial charge in [-0.15, -0.1) is 0 Å². The summed E-state index contributed by atoms with van der Waals surface area (Å²) in [5.41, 5.74) is 3.53. The molecule has 0 aliphatic heterocycles. The van der Waals surface area contributed by atoms with Gasteiger partial charge in [0.2, 0.25) is 0 Å². The average molecular weight is 442 g/mol. The fourth-order valence-corrected chi connectivity index (χ4v) is 3.04.